The first kappa shape index (κ1) is 20.0. The summed E-state index contributed by atoms with van der Waals surface area (Å²) in [4.78, 5) is 0. The van der Waals surface area contributed by atoms with Crippen LogP contribution in [0.4, 0.5) is 5.69 Å². The minimum Gasteiger partial charge on any atom is -0.494 e. The first-order valence-electron chi connectivity index (χ1n) is 9.49. The monoisotopic (exact) mass is 357 g/mol. The minimum atomic E-state index is 0.00455. The molecule has 0 spiro atoms. The van der Waals surface area contributed by atoms with E-state index < -0.39 is 0 Å². The summed E-state index contributed by atoms with van der Waals surface area (Å²) >= 11 is 0. The fourth-order valence-corrected chi connectivity index (χ4v) is 2.65. The Bertz CT molecular complexity index is 645. The highest BCUT2D eigenvalue weighted by Gasteiger charge is 2.08. The molecular formula is C22H31NO3. The van der Waals surface area contributed by atoms with E-state index in [-0.39, 0.29) is 6.10 Å². The van der Waals surface area contributed by atoms with Crippen LogP contribution in [0.3, 0.4) is 0 Å². The van der Waals surface area contributed by atoms with Crippen LogP contribution in [0.25, 0.3) is 0 Å². The van der Waals surface area contributed by atoms with Crippen LogP contribution in [-0.4, -0.2) is 26.4 Å². The van der Waals surface area contributed by atoms with Crippen LogP contribution in [0.5, 0.6) is 17.2 Å². The lowest BCUT2D eigenvalue weighted by Crippen LogP contribution is -2.22. The molecule has 0 aliphatic carbocycles. The van der Waals surface area contributed by atoms with E-state index in [9.17, 15) is 0 Å². The third-order valence-electron chi connectivity index (χ3n) is 4.09. The van der Waals surface area contributed by atoms with Gasteiger partial charge in [0.1, 0.15) is 11.9 Å². The standard InChI is InChI=1S/C22H31NO3/c1-4-5-6-9-15-25-20-12-10-11-19(16-20)23-17-18(2)26-22-14-8-7-13-21(22)24-3/h7-8,10-14,16,18,23H,4-6,9,15,17H2,1-3H3. The lowest BCUT2D eigenvalue weighted by Gasteiger charge is -2.18. The van der Waals surface area contributed by atoms with E-state index in [1.807, 2.05) is 55.5 Å². The number of hydrogen-bond donors (Lipinski definition) is 1. The Morgan fingerprint density at radius 3 is 2.54 bits per heavy atom. The van der Waals surface area contributed by atoms with Crippen molar-refractivity contribution in [3.8, 4) is 17.2 Å². The third-order valence-corrected chi connectivity index (χ3v) is 4.09. The average Bonchev–Trinajstić information content (AvgIpc) is 2.67. The number of hydrogen-bond acceptors (Lipinski definition) is 4. The van der Waals surface area contributed by atoms with E-state index in [0.717, 1.165) is 36.0 Å². The molecule has 26 heavy (non-hydrogen) atoms. The van der Waals surface area contributed by atoms with Crippen molar-refractivity contribution in [2.45, 2.75) is 45.6 Å². The van der Waals surface area contributed by atoms with E-state index in [0.29, 0.717) is 6.54 Å². The number of unbranched alkanes of at least 4 members (excludes halogenated alkanes) is 3. The van der Waals surface area contributed by atoms with E-state index in [4.69, 9.17) is 14.2 Å². The fourth-order valence-electron chi connectivity index (χ4n) is 2.65. The summed E-state index contributed by atoms with van der Waals surface area (Å²) in [5.41, 5.74) is 1.03. The molecule has 1 unspecified atom stereocenters. The number of rotatable bonds is 12. The van der Waals surface area contributed by atoms with Gasteiger partial charge in [-0.05, 0) is 37.6 Å². The predicted octanol–water partition coefficient (Wildman–Crippen LogP) is 5.53. The maximum atomic E-state index is 5.97. The molecule has 142 valence electrons. The van der Waals surface area contributed by atoms with Gasteiger partial charge in [0.05, 0.1) is 20.3 Å². The van der Waals surface area contributed by atoms with Gasteiger partial charge in [-0.25, -0.2) is 0 Å². The Morgan fingerprint density at radius 2 is 1.77 bits per heavy atom. The highest BCUT2D eigenvalue weighted by Crippen LogP contribution is 2.27. The molecule has 0 aliphatic rings. The highest BCUT2D eigenvalue weighted by molar-refractivity contribution is 5.48. The molecule has 0 radical (unpaired) electrons. The van der Waals surface area contributed by atoms with Crippen LogP contribution < -0.4 is 19.5 Å². The van der Waals surface area contributed by atoms with E-state index in [1.165, 1.54) is 19.3 Å². The average molecular weight is 357 g/mol. The summed E-state index contributed by atoms with van der Waals surface area (Å²) in [5, 5.41) is 3.41. The lowest BCUT2D eigenvalue weighted by molar-refractivity contribution is 0.223. The Kier molecular flexibility index (Phi) is 8.67. The summed E-state index contributed by atoms with van der Waals surface area (Å²) in [6, 6.07) is 15.8. The SMILES string of the molecule is CCCCCCOc1cccc(NCC(C)Oc2ccccc2OC)c1. The molecule has 0 aliphatic heterocycles. The van der Waals surface area contributed by atoms with Crippen molar-refractivity contribution in [2.24, 2.45) is 0 Å². The maximum Gasteiger partial charge on any atom is 0.161 e. The van der Waals surface area contributed by atoms with Crippen LogP contribution in [0.1, 0.15) is 39.5 Å². The van der Waals surface area contributed by atoms with Crippen LogP contribution >= 0.6 is 0 Å². The molecule has 0 saturated heterocycles. The Balaban J connectivity index is 1.78. The van der Waals surface area contributed by atoms with Gasteiger partial charge in [0.15, 0.2) is 11.5 Å². The molecule has 1 N–H and O–H groups in total. The van der Waals surface area contributed by atoms with E-state index >= 15 is 0 Å². The molecule has 4 nitrogen and oxygen atoms in total. The van der Waals surface area contributed by atoms with Crippen LogP contribution in [0.2, 0.25) is 0 Å². The molecule has 0 amide bonds. The smallest absolute Gasteiger partial charge is 0.161 e. The van der Waals surface area contributed by atoms with Gasteiger partial charge in [-0.15, -0.1) is 0 Å². The number of para-hydroxylation sites is 2. The van der Waals surface area contributed by atoms with Crippen LogP contribution in [-0.2, 0) is 0 Å². The van der Waals surface area contributed by atoms with Crippen molar-refractivity contribution >= 4 is 5.69 Å². The second-order valence-electron chi connectivity index (χ2n) is 6.40. The number of nitrogens with one attached hydrogen (secondary N) is 1. The second kappa shape index (κ2) is 11.3. The summed E-state index contributed by atoms with van der Waals surface area (Å²) in [6.45, 7) is 5.72. The van der Waals surface area contributed by atoms with Crippen molar-refractivity contribution in [3.63, 3.8) is 0 Å². The van der Waals surface area contributed by atoms with Gasteiger partial charge in [0, 0.05) is 11.8 Å². The molecule has 1 atom stereocenters. The normalized spacial score (nSPS) is 11.7. The molecular weight excluding hydrogens is 326 g/mol. The molecule has 0 bridgehead atoms. The van der Waals surface area contributed by atoms with Gasteiger partial charge in [0.25, 0.3) is 0 Å². The predicted molar refractivity (Wildman–Crippen MR) is 108 cm³/mol. The Morgan fingerprint density at radius 1 is 0.962 bits per heavy atom. The zero-order valence-corrected chi connectivity index (χ0v) is 16.2. The molecule has 0 saturated carbocycles. The molecule has 0 heterocycles. The van der Waals surface area contributed by atoms with Crippen molar-refractivity contribution in [2.75, 3.05) is 25.6 Å². The summed E-state index contributed by atoms with van der Waals surface area (Å²) < 4.78 is 17.1. The van der Waals surface area contributed by atoms with E-state index in [1.54, 1.807) is 7.11 Å². The Hall–Kier alpha value is -2.36. The Labute approximate surface area is 157 Å². The first-order chi connectivity index (χ1) is 12.7. The van der Waals surface area contributed by atoms with Crippen LogP contribution in [0, 0.1) is 0 Å². The molecule has 4 heteroatoms. The van der Waals surface area contributed by atoms with Gasteiger partial charge in [-0.1, -0.05) is 44.4 Å². The highest BCUT2D eigenvalue weighted by atomic mass is 16.5. The largest absolute Gasteiger partial charge is 0.494 e. The summed E-state index contributed by atoms with van der Waals surface area (Å²) in [7, 11) is 1.65. The topological polar surface area (TPSA) is 39.7 Å². The lowest BCUT2D eigenvalue weighted by atomic mass is 10.2. The number of anilines is 1. The van der Waals surface area contributed by atoms with E-state index in [2.05, 4.69) is 12.2 Å². The van der Waals surface area contributed by atoms with Gasteiger partial charge in [0.2, 0.25) is 0 Å². The third kappa shape index (κ3) is 6.87. The van der Waals surface area contributed by atoms with Crippen LogP contribution in [0.15, 0.2) is 48.5 Å². The van der Waals surface area contributed by atoms with Gasteiger partial charge in [-0.3, -0.25) is 0 Å². The van der Waals surface area contributed by atoms with Crippen molar-refractivity contribution < 1.29 is 14.2 Å². The van der Waals surface area contributed by atoms with Gasteiger partial charge in [-0.2, -0.15) is 0 Å². The zero-order chi connectivity index (χ0) is 18.6. The molecule has 2 rings (SSSR count). The van der Waals surface area contributed by atoms with Gasteiger partial charge >= 0.3 is 0 Å². The van der Waals surface area contributed by atoms with Crippen molar-refractivity contribution in [1.29, 1.82) is 0 Å². The zero-order valence-electron chi connectivity index (χ0n) is 16.2. The first-order valence-corrected chi connectivity index (χ1v) is 9.49. The number of methoxy groups -OCH3 is 1. The van der Waals surface area contributed by atoms with Crippen molar-refractivity contribution in [3.05, 3.63) is 48.5 Å². The number of benzene rings is 2. The molecule has 0 fully saturated rings. The second-order valence-corrected chi connectivity index (χ2v) is 6.40. The molecule has 2 aromatic carbocycles. The quantitative estimate of drug-likeness (QED) is 0.507. The summed E-state index contributed by atoms with van der Waals surface area (Å²) in [5.74, 6) is 2.41. The molecule has 2 aromatic rings. The minimum absolute atomic E-state index is 0.00455. The maximum absolute atomic E-state index is 5.97. The van der Waals surface area contributed by atoms with Crippen molar-refractivity contribution in [1.82, 2.24) is 0 Å². The summed E-state index contributed by atoms with van der Waals surface area (Å²) in [6.07, 6.45) is 4.86. The molecule has 0 aromatic heterocycles. The fraction of sp³-hybridized carbons (Fsp3) is 0.455. The van der Waals surface area contributed by atoms with Gasteiger partial charge < -0.3 is 19.5 Å². The number of ether oxygens (including phenoxy) is 3.